The van der Waals surface area contributed by atoms with E-state index >= 15 is 0 Å². The number of piperidine rings is 1. The summed E-state index contributed by atoms with van der Waals surface area (Å²) in [7, 11) is 0. The highest BCUT2D eigenvalue weighted by Crippen LogP contribution is 2.36. The van der Waals surface area contributed by atoms with Crippen LogP contribution in [0.3, 0.4) is 0 Å². The molecule has 1 aromatic rings. The minimum atomic E-state index is -4.41. The number of likely N-dealkylation sites (tertiary alicyclic amines) is 1. The molecule has 0 amide bonds. The van der Waals surface area contributed by atoms with Crippen LogP contribution in [0.25, 0.3) is 0 Å². The zero-order valence-electron chi connectivity index (χ0n) is 11.6. The first kappa shape index (κ1) is 15.7. The molecule has 1 aromatic heterocycles. The summed E-state index contributed by atoms with van der Waals surface area (Å²) in [5, 5.41) is 9.90. The Hall–Kier alpha value is -0.660. The van der Waals surface area contributed by atoms with Crippen LogP contribution in [-0.2, 0) is 12.7 Å². The van der Waals surface area contributed by atoms with Crippen LogP contribution in [0, 0.1) is 12.8 Å². The number of halogens is 3. The summed E-state index contributed by atoms with van der Waals surface area (Å²) in [4.78, 5) is 5.83. The number of aliphatic hydroxyl groups excluding tert-OH is 1. The van der Waals surface area contributed by atoms with Crippen LogP contribution < -0.4 is 0 Å². The summed E-state index contributed by atoms with van der Waals surface area (Å²) in [6.07, 6.45) is -2.44. The number of hydrogen-bond donors (Lipinski definition) is 1. The molecular weight excluding hydrogens is 289 g/mol. The van der Waals surface area contributed by atoms with Crippen molar-refractivity contribution in [1.29, 1.82) is 0 Å². The summed E-state index contributed by atoms with van der Waals surface area (Å²) >= 11 is 1.09. The van der Waals surface area contributed by atoms with Crippen LogP contribution in [0.5, 0.6) is 0 Å². The van der Waals surface area contributed by atoms with Crippen LogP contribution in [-0.4, -0.2) is 34.2 Å². The average molecular weight is 308 g/mol. The quantitative estimate of drug-likeness (QED) is 0.932. The van der Waals surface area contributed by atoms with Crippen LogP contribution in [0.15, 0.2) is 0 Å². The molecule has 2 rings (SSSR count). The van der Waals surface area contributed by atoms with E-state index < -0.39 is 11.9 Å². The highest BCUT2D eigenvalue weighted by Gasteiger charge is 2.38. The summed E-state index contributed by atoms with van der Waals surface area (Å²) < 4.78 is 38.8. The summed E-state index contributed by atoms with van der Waals surface area (Å²) in [6.45, 7) is 4.56. The predicted molar refractivity (Wildman–Crippen MR) is 71.5 cm³/mol. The van der Waals surface area contributed by atoms with Crippen molar-refractivity contribution in [3.05, 3.63) is 15.6 Å². The molecule has 114 valence electrons. The van der Waals surface area contributed by atoms with E-state index in [2.05, 4.69) is 4.98 Å². The highest BCUT2D eigenvalue weighted by molar-refractivity contribution is 7.11. The first-order valence-electron chi connectivity index (χ1n) is 6.71. The standard InChI is InChI=1S/C13H19F3N2OS/c1-8-4-3-5-18(10(8)7-19)6-11-12(13(14,15)16)17-9(2)20-11/h8,10,19H,3-7H2,1-2H3/t8-,10-/m1/s1. The molecule has 1 saturated heterocycles. The number of hydrogen-bond acceptors (Lipinski definition) is 4. The number of aryl methyl sites for hydroxylation is 1. The van der Waals surface area contributed by atoms with E-state index in [0.717, 1.165) is 30.7 Å². The molecule has 1 N–H and O–H groups in total. The number of thiazole rings is 1. The summed E-state index contributed by atoms with van der Waals surface area (Å²) in [5.41, 5.74) is -0.769. The number of nitrogens with zero attached hydrogens (tertiary/aromatic N) is 2. The summed E-state index contributed by atoms with van der Waals surface area (Å²) in [6, 6.07) is -0.0627. The molecule has 2 heterocycles. The Bertz CT molecular complexity index is 461. The fourth-order valence-corrected chi connectivity index (χ4v) is 3.79. The van der Waals surface area contributed by atoms with E-state index in [-0.39, 0.29) is 24.1 Å². The Morgan fingerprint density at radius 3 is 2.75 bits per heavy atom. The Labute approximate surface area is 120 Å². The van der Waals surface area contributed by atoms with Gasteiger partial charge in [-0.1, -0.05) is 6.92 Å². The van der Waals surface area contributed by atoms with Crippen molar-refractivity contribution < 1.29 is 18.3 Å². The van der Waals surface area contributed by atoms with Gasteiger partial charge in [0.2, 0.25) is 0 Å². The molecule has 2 atom stereocenters. The third kappa shape index (κ3) is 3.32. The first-order valence-corrected chi connectivity index (χ1v) is 7.53. The number of aliphatic hydroxyl groups is 1. The molecule has 3 nitrogen and oxygen atoms in total. The molecule has 0 aliphatic carbocycles. The summed E-state index contributed by atoms with van der Waals surface area (Å²) in [5.74, 6) is 0.303. The maximum atomic E-state index is 12.9. The third-order valence-electron chi connectivity index (χ3n) is 3.84. The van der Waals surface area contributed by atoms with E-state index in [1.54, 1.807) is 6.92 Å². The van der Waals surface area contributed by atoms with E-state index in [4.69, 9.17) is 0 Å². The lowest BCUT2D eigenvalue weighted by Crippen LogP contribution is -2.46. The predicted octanol–water partition coefficient (Wildman–Crippen LogP) is 3.06. The fraction of sp³-hybridized carbons (Fsp3) is 0.769. The van der Waals surface area contributed by atoms with E-state index in [9.17, 15) is 18.3 Å². The van der Waals surface area contributed by atoms with Crippen molar-refractivity contribution in [3.63, 3.8) is 0 Å². The van der Waals surface area contributed by atoms with Gasteiger partial charge in [-0.15, -0.1) is 11.3 Å². The van der Waals surface area contributed by atoms with E-state index in [0.29, 0.717) is 10.9 Å². The number of alkyl halides is 3. The van der Waals surface area contributed by atoms with Crippen LogP contribution in [0.1, 0.15) is 35.3 Å². The maximum absolute atomic E-state index is 12.9. The van der Waals surface area contributed by atoms with Crippen molar-refractivity contribution >= 4 is 11.3 Å². The first-order chi connectivity index (χ1) is 9.32. The van der Waals surface area contributed by atoms with E-state index in [1.807, 2.05) is 11.8 Å². The Morgan fingerprint density at radius 2 is 2.15 bits per heavy atom. The fourth-order valence-electron chi connectivity index (χ4n) is 2.81. The maximum Gasteiger partial charge on any atom is 0.434 e. The van der Waals surface area contributed by atoms with Gasteiger partial charge in [-0.25, -0.2) is 4.98 Å². The monoisotopic (exact) mass is 308 g/mol. The second-order valence-electron chi connectivity index (χ2n) is 5.34. The lowest BCUT2D eigenvalue weighted by atomic mass is 9.91. The van der Waals surface area contributed by atoms with Gasteiger partial charge < -0.3 is 5.11 Å². The lowest BCUT2D eigenvalue weighted by Gasteiger charge is -2.38. The molecule has 0 saturated carbocycles. The SMILES string of the molecule is Cc1nc(C(F)(F)F)c(CN2CCC[C@@H](C)[C@H]2CO)s1. The van der Waals surface area contributed by atoms with Gasteiger partial charge in [0, 0.05) is 12.6 Å². The minimum Gasteiger partial charge on any atom is -0.395 e. The molecular formula is C13H19F3N2OS. The Balaban J connectivity index is 2.21. The normalized spacial score (nSPS) is 25.1. The van der Waals surface area contributed by atoms with Gasteiger partial charge in [-0.05, 0) is 32.2 Å². The van der Waals surface area contributed by atoms with E-state index in [1.165, 1.54) is 0 Å². The minimum absolute atomic E-state index is 0.0136. The lowest BCUT2D eigenvalue weighted by molar-refractivity contribution is -0.141. The zero-order chi connectivity index (χ0) is 14.9. The van der Waals surface area contributed by atoms with Crippen molar-refractivity contribution in [2.24, 2.45) is 5.92 Å². The van der Waals surface area contributed by atoms with Crippen molar-refractivity contribution in [3.8, 4) is 0 Å². The number of rotatable bonds is 3. The molecule has 20 heavy (non-hydrogen) atoms. The average Bonchev–Trinajstić information content (AvgIpc) is 2.70. The second kappa shape index (κ2) is 5.99. The number of aromatic nitrogens is 1. The third-order valence-corrected chi connectivity index (χ3v) is 4.79. The van der Waals surface area contributed by atoms with Crippen LogP contribution >= 0.6 is 11.3 Å². The van der Waals surface area contributed by atoms with Gasteiger partial charge in [0.25, 0.3) is 0 Å². The Morgan fingerprint density at radius 1 is 1.45 bits per heavy atom. The zero-order valence-corrected chi connectivity index (χ0v) is 12.4. The molecule has 1 aliphatic rings. The van der Waals surface area contributed by atoms with Gasteiger partial charge in [-0.3, -0.25) is 4.90 Å². The van der Waals surface area contributed by atoms with Crippen molar-refractivity contribution in [2.75, 3.05) is 13.2 Å². The molecule has 7 heteroatoms. The van der Waals surface area contributed by atoms with Crippen molar-refractivity contribution in [2.45, 2.75) is 45.5 Å². The van der Waals surface area contributed by atoms with Gasteiger partial charge in [0.1, 0.15) is 0 Å². The van der Waals surface area contributed by atoms with Gasteiger partial charge in [0.05, 0.1) is 16.5 Å². The smallest absolute Gasteiger partial charge is 0.395 e. The van der Waals surface area contributed by atoms with Gasteiger partial charge >= 0.3 is 6.18 Å². The molecule has 0 bridgehead atoms. The highest BCUT2D eigenvalue weighted by atomic mass is 32.1. The molecule has 1 fully saturated rings. The molecule has 0 unspecified atom stereocenters. The topological polar surface area (TPSA) is 36.4 Å². The second-order valence-corrected chi connectivity index (χ2v) is 6.63. The largest absolute Gasteiger partial charge is 0.434 e. The van der Waals surface area contributed by atoms with Gasteiger partial charge in [0.15, 0.2) is 5.69 Å². The molecule has 0 radical (unpaired) electrons. The molecule has 0 spiro atoms. The Kier molecular flexibility index (Phi) is 4.71. The van der Waals surface area contributed by atoms with Gasteiger partial charge in [-0.2, -0.15) is 13.2 Å². The molecule has 1 aliphatic heterocycles. The molecule has 0 aromatic carbocycles. The van der Waals surface area contributed by atoms with Crippen molar-refractivity contribution in [1.82, 2.24) is 9.88 Å². The van der Waals surface area contributed by atoms with Crippen LogP contribution in [0.4, 0.5) is 13.2 Å². The van der Waals surface area contributed by atoms with Crippen LogP contribution in [0.2, 0.25) is 0 Å².